The first-order chi connectivity index (χ1) is 22.9. The van der Waals surface area contributed by atoms with Crippen molar-refractivity contribution in [3.63, 3.8) is 0 Å². The number of alkyl halides is 2. The molecule has 1 aromatic heterocycles. The molecule has 2 saturated heterocycles. The largest absolute Gasteiger partial charge is 0.399 e. The molecule has 2 fully saturated rings. The van der Waals surface area contributed by atoms with Crippen molar-refractivity contribution in [2.45, 2.75) is 51.5 Å². The minimum absolute atomic E-state index is 0.0179. The summed E-state index contributed by atoms with van der Waals surface area (Å²) in [5.41, 5.74) is -5.24. The number of benzene rings is 2. The van der Waals surface area contributed by atoms with Gasteiger partial charge in [0, 0.05) is 36.8 Å². The Labute approximate surface area is 286 Å². The Balaban J connectivity index is 1.39. The lowest BCUT2D eigenvalue weighted by molar-refractivity contribution is -0.158. The van der Waals surface area contributed by atoms with Crippen molar-refractivity contribution in [1.82, 2.24) is 20.0 Å². The maximum Gasteiger partial charge on any atom is 0.399 e. The van der Waals surface area contributed by atoms with E-state index >= 15 is 0 Å². The summed E-state index contributed by atoms with van der Waals surface area (Å²) in [4.78, 5) is 77.4. The maximum atomic E-state index is 14.4. The predicted molar refractivity (Wildman–Crippen MR) is 178 cm³/mol. The minimum Gasteiger partial charge on any atom is -0.370 e. The average molecular weight is 721 g/mol. The van der Waals surface area contributed by atoms with E-state index in [1.54, 1.807) is 25.7 Å². The van der Waals surface area contributed by atoms with Crippen LogP contribution in [0.1, 0.15) is 54.6 Å². The summed E-state index contributed by atoms with van der Waals surface area (Å²) in [6.45, 7) is 7.76. The number of piperazine rings is 1. The Kier molecular flexibility index (Phi) is 10.3. The van der Waals surface area contributed by atoms with E-state index in [1.807, 2.05) is 30.3 Å². The Hall–Kier alpha value is -3.75. The number of fused-ring (bicyclic) bond motifs is 1. The number of halogens is 2. The summed E-state index contributed by atoms with van der Waals surface area (Å²) < 4.78 is 46.5. The molecule has 0 aliphatic carbocycles. The lowest BCUT2D eigenvalue weighted by Crippen LogP contribution is -2.66. The fourth-order valence-corrected chi connectivity index (χ4v) is 7.42. The van der Waals surface area contributed by atoms with Crippen LogP contribution in [0.15, 0.2) is 54.6 Å². The lowest BCUT2D eigenvalue weighted by atomic mass is 9.85. The monoisotopic (exact) mass is 720 g/mol. The van der Waals surface area contributed by atoms with Crippen LogP contribution < -0.4 is 5.32 Å². The smallest absolute Gasteiger partial charge is 0.370 e. The average Bonchev–Trinajstić information content (AvgIpc) is 3.49. The van der Waals surface area contributed by atoms with Crippen molar-refractivity contribution >= 4 is 52.6 Å². The van der Waals surface area contributed by atoms with Crippen LogP contribution in [0.2, 0.25) is 0 Å². The van der Waals surface area contributed by atoms with Crippen LogP contribution in [0, 0.1) is 5.41 Å². The van der Waals surface area contributed by atoms with Gasteiger partial charge in [-0.1, -0.05) is 57.2 Å². The molecular formula is C33H39F2N4O8PS. The predicted octanol–water partition coefficient (Wildman–Crippen LogP) is 3.93. The second kappa shape index (κ2) is 13.9. The van der Waals surface area contributed by atoms with Crippen LogP contribution in [-0.4, -0.2) is 99.5 Å². The quantitative estimate of drug-likeness (QED) is 0.310. The zero-order chi connectivity index (χ0) is 35.9. The fraction of sp³-hybridized carbons (Fsp3) is 0.455. The summed E-state index contributed by atoms with van der Waals surface area (Å²) in [5.74, 6) is -1.75. The number of carbonyl (C=O) groups is 4. The van der Waals surface area contributed by atoms with Crippen LogP contribution in [0.4, 0.5) is 8.78 Å². The number of rotatable bonds is 7. The van der Waals surface area contributed by atoms with Gasteiger partial charge in [0.25, 0.3) is 5.91 Å². The molecule has 264 valence electrons. The molecule has 3 atom stereocenters. The summed E-state index contributed by atoms with van der Waals surface area (Å²) in [7, 11) is -5.80. The molecule has 49 heavy (non-hydrogen) atoms. The number of nitrogens with zero attached hydrogens (tertiary/aromatic N) is 3. The molecule has 16 heteroatoms. The van der Waals surface area contributed by atoms with Crippen molar-refractivity contribution < 1.29 is 47.0 Å². The molecule has 2 aliphatic rings. The Morgan fingerprint density at radius 2 is 1.67 bits per heavy atom. The molecule has 12 nitrogen and oxygen atoms in total. The number of thiophene rings is 1. The van der Waals surface area contributed by atoms with Gasteiger partial charge >= 0.3 is 13.3 Å². The van der Waals surface area contributed by atoms with Gasteiger partial charge in [0.2, 0.25) is 17.7 Å². The molecule has 2 aromatic carbocycles. The van der Waals surface area contributed by atoms with Crippen molar-refractivity contribution in [2.75, 3.05) is 39.3 Å². The lowest BCUT2D eigenvalue weighted by Gasteiger charge is -2.45. The summed E-state index contributed by atoms with van der Waals surface area (Å²) >= 11 is 0.965. The second-order valence-electron chi connectivity index (χ2n) is 13.3. The summed E-state index contributed by atoms with van der Waals surface area (Å²) in [6, 6.07) is 11.7. The highest BCUT2D eigenvalue weighted by Gasteiger charge is 2.50. The van der Waals surface area contributed by atoms with Crippen LogP contribution in [0.3, 0.4) is 0 Å². The van der Waals surface area contributed by atoms with E-state index in [2.05, 4.69) is 5.32 Å². The molecule has 4 amide bonds. The van der Waals surface area contributed by atoms with Gasteiger partial charge in [-0.25, -0.2) is 0 Å². The van der Waals surface area contributed by atoms with Crippen molar-refractivity contribution in [3.05, 3.63) is 70.6 Å². The first kappa shape index (κ1) is 36.5. The Bertz CT molecular complexity index is 1790. The molecule has 0 radical (unpaired) electrons. The SMILES string of the molecule is CC(=O)N1CCN(C(=O)C(NC(=O)c2cc3cc(C(F)(F)P(=O)(O)O)ccc3s2)C(C)(C)C)[C@H](C(=O)N2CCO[C@@H](c3ccccc3)C2)C1. The highest BCUT2D eigenvalue weighted by molar-refractivity contribution is 7.52. The van der Waals surface area contributed by atoms with Gasteiger partial charge in [-0.05, 0) is 34.6 Å². The Morgan fingerprint density at radius 1 is 0.980 bits per heavy atom. The third-order valence-corrected chi connectivity index (χ3v) is 10.9. The molecule has 1 unspecified atom stereocenters. The number of hydrogen-bond acceptors (Lipinski definition) is 7. The van der Waals surface area contributed by atoms with E-state index in [0.717, 1.165) is 29.0 Å². The fourth-order valence-electron chi connectivity index (χ4n) is 6.00. The van der Waals surface area contributed by atoms with Gasteiger partial charge in [0.15, 0.2) is 0 Å². The number of hydrogen-bond donors (Lipinski definition) is 3. The van der Waals surface area contributed by atoms with Crippen LogP contribution >= 0.6 is 18.9 Å². The van der Waals surface area contributed by atoms with Crippen molar-refractivity contribution in [1.29, 1.82) is 0 Å². The van der Waals surface area contributed by atoms with Gasteiger partial charge < -0.3 is 34.5 Å². The van der Waals surface area contributed by atoms with Gasteiger partial charge in [-0.15, -0.1) is 11.3 Å². The number of carbonyl (C=O) groups excluding carboxylic acids is 4. The molecular weight excluding hydrogens is 681 g/mol. The number of ether oxygens (including phenoxy) is 1. The standard InChI is InChI=1S/C33H39F2N4O8PS/c1-20(40)37-12-13-39(24(18-37)30(42)38-14-15-47-25(19-38)21-8-6-5-7-9-21)31(43)28(32(2,3)4)36-29(41)27-17-22-16-23(10-11-26(22)49-27)33(34,35)48(44,45)46/h5-11,16-17,24-25,28H,12-15,18-19H2,1-4H3,(H,36,41)(H2,44,45,46)/t24-,25+,28?/m0/s1. The zero-order valence-electron chi connectivity index (χ0n) is 27.5. The topological polar surface area (TPSA) is 157 Å². The maximum absolute atomic E-state index is 14.4. The van der Waals surface area contributed by atoms with Crippen molar-refractivity contribution in [2.24, 2.45) is 5.41 Å². The van der Waals surface area contributed by atoms with E-state index in [1.165, 1.54) is 28.9 Å². The van der Waals surface area contributed by atoms with Gasteiger partial charge in [-0.3, -0.25) is 23.7 Å². The van der Waals surface area contributed by atoms with Gasteiger partial charge in [0.1, 0.15) is 18.2 Å². The summed E-state index contributed by atoms with van der Waals surface area (Å²) in [5, 5.41) is 2.96. The Morgan fingerprint density at radius 3 is 2.31 bits per heavy atom. The van der Waals surface area contributed by atoms with Crippen LogP contribution in [-0.2, 0) is 29.3 Å². The highest BCUT2D eigenvalue weighted by Crippen LogP contribution is 2.59. The first-order valence-electron chi connectivity index (χ1n) is 15.7. The third-order valence-electron chi connectivity index (χ3n) is 8.78. The van der Waals surface area contributed by atoms with Gasteiger partial charge in [-0.2, -0.15) is 8.78 Å². The summed E-state index contributed by atoms with van der Waals surface area (Å²) in [6.07, 6.45) is -0.363. The molecule has 3 aromatic rings. The van der Waals surface area contributed by atoms with E-state index in [-0.39, 0.29) is 61.0 Å². The number of nitrogens with one attached hydrogen (secondary N) is 1. The second-order valence-corrected chi connectivity index (χ2v) is 16.0. The van der Waals surface area contributed by atoms with Crippen molar-refractivity contribution in [3.8, 4) is 0 Å². The molecule has 2 aliphatic heterocycles. The normalized spacial score (nSPS) is 19.9. The molecule has 0 spiro atoms. The molecule has 0 bridgehead atoms. The van der Waals surface area contributed by atoms with E-state index < -0.39 is 48.1 Å². The van der Waals surface area contributed by atoms with E-state index in [9.17, 15) is 32.5 Å². The van der Waals surface area contributed by atoms with Crippen LogP contribution in [0.5, 0.6) is 0 Å². The van der Waals surface area contributed by atoms with Gasteiger partial charge in [0.05, 0.1) is 24.6 Å². The van der Waals surface area contributed by atoms with E-state index in [0.29, 0.717) is 11.2 Å². The molecule has 0 saturated carbocycles. The molecule has 5 rings (SSSR count). The van der Waals surface area contributed by atoms with Crippen LogP contribution in [0.25, 0.3) is 10.1 Å². The minimum atomic E-state index is -5.80. The molecule has 3 heterocycles. The highest BCUT2D eigenvalue weighted by atomic mass is 32.1. The third kappa shape index (κ3) is 7.71. The number of amides is 4. The molecule has 3 N–H and O–H groups in total. The van der Waals surface area contributed by atoms with E-state index in [4.69, 9.17) is 14.5 Å². The zero-order valence-corrected chi connectivity index (χ0v) is 29.2. The number of morpholine rings is 1. The first-order valence-corrected chi connectivity index (χ1v) is 18.1.